The first-order chi connectivity index (χ1) is 11.5. The van der Waals surface area contributed by atoms with Crippen molar-refractivity contribution in [3.8, 4) is 0 Å². The van der Waals surface area contributed by atoms with E-state index in [1.165, 1.54) is 36.2 Å². The second kappa shape index (κ2) is 8.16. The fourth-order valence-electron chi connectivity index (χ4n) is 1.79. The van der Waals surface area contributed by atoms with Gasteiger partial charge in [0, 0.05) is 12.3 Å². The minimum absolute atomic E-state index is 0.118. The Bertz CT molecular complexity index is 763. The summed E-state index contributed by atoms with van der Waals surface area (Å²) in [5.41, 5.74) is 2.70. The van der Waals surface area contributed by atoms with E-state index in [9.17, 15) is 14.0 Å². The molecular weight excluding hydrogens is 335 g/mol. The van der Waals surface area contributed by atoms with Crippen LogP contribution in [0.25, 0.3) is 0 Å². The van der Waals surface area contributed by atoms with Crippen LogP contribution in [0.1, 0.15) is 19.5 Å². The molecule has 2 aromatic rings. The number of thiazole rings is 1. The zero-order chi connectivity index (χ0) is 17.5. The van der Waals surface area contributed by atoms with Gasteiger partial charge in [-0.15, -0.1) is 11.3 Å². The molecule has 0 aliphatic rings. The van der Waals surface area contributed by atoms with Crippen molar-refractivity contribution in [2.45, 2.75) is 13.8 Å². The third-order valence-corrected chi connectivity index (χ3v) is 3.58. The number of carbonyl (C=O) groups is 2. The van der Waals surface area contributed by atoms with Gasteiger partial charge in [-0.1, -0.05) is 12.1 Å². The third kappa shape index (κ3) is 4.35. The number of benzene rings is 1. The smallest absolute Gasteiger partial charge is 0.427 e. The van der Waals surface area contributed by atoms with Crippen molar-refractivity contribution in [1.82, 2.24) is 10.4 Å². The monoisotopic (exact) mass is 350 g/mol. The molecular formula is C15H15FN4O3S. The molecule has 0 saturated carbocycles. The van der Waals surface area contributed by atoms with Gasteiger partial charge in [-0.05, 0) is 19.1 Å². The summed E-state index contributed by atoms with van der Waals surface area (Å²) < 4.78 is 18.6. The first-order valence-electron chi connectivity index (χ1n) is 6.99. The maximum absolute atomic E-state index is 14.0. The molecule has 1 aromatic heterocycles. The third-order valence-electron chi connectivity index (χ3n) is 2.74. The zero-order valence-electron chi connectivity index (χ0n) is 13.0. The summed E-state index contributed by atoms with van der Waals surface area (Å²) in [7, 11) is 0. The van der Waals surface area contributed by atoms with E-state index in [1.54, 1.807) is 18.4 Å². The van der Waals surface area contributed by atoms with E-state index >= 15 is 0 Å². The van der Waals surface area contributed by atoms with Gasteiger partial charge in [0.1, 0.15) is 5.82 Å². The highest BCUT2D eigenvalue weighted by Gasteiger charge is 2.20. The highest BCUT2D eigenvalue weighted by Crippen LogP contribution is 2.30. The Labute approximate surface area is 141 Å². The maximum atomic E-state index is 14.0. The summed E-state index contributed by atoms with van der Waals surface area (Å²) in [5, 5.41) is 5.61. The van der Waals surface area contributed by atoms with Gasteiger partial charge in [0.2, 0.25) is 5.91 Å². The fourth-order valence-corrected chi connectivity index (χ4v) is 2.62. The lowest BCUT2D eigenvalue weighted by Gasteiger charge is -2.18. The maximum Gasteiger partial charge on any atom is 0.427 e. The van der Waals surface area contributed by atoms with Crippen LogP contribution in [-0.4, -0.2) is 29.8 Å². The SMILES string of the molecule is CCOC(=O)N/N=C\c1csc(N(C(C)=O)c2ccccc2F)n1. The van der Waals surface area contributed by atoms with E-state index in [0.717, 1.165) is 11.3 Å². The molecule has 0 spiro atoms. The standard InChI is InChI=1S/C15H15FN4O3S/c1-3-23-15(22)19-17-8-11-9-24-14(18-11)20(10(2)21)13-7-5-4-6-12(13)16/h4-9H,3H2,1-2H3,(H,19,22)/b17-8-. The van der Waals surface area contributed by atoms with Crippen LogP contribution in [0.15, 0.2) is 34.7 Å². The Kier molecular flexibility index (Phi) is 5.96. The zero-order valence-corrected chi connectivity index (χ0v) is 13.8. The number of anilines is 2. The van der Waals surface area contributed by atoms with Gasteiger partial charge in [-0.25, -0.2) is 19.6 Å². The topological polar surface area (TPSA) is 83.9 Å². The number of para-hydroxylation sites is 1. The number of hydrogen-bond acceptors (Lipinski definition) is 6. The molecule has 0 bridgehead atoms. The summed E-state index contributed by atoms with van der Waals surface area (Å²) in [6, 6.07) is 5.93. The lowest BCUT2D eigenvalue weighted by molar-refractivity contribution is -0.115. The van der Waals surface area contributed by atoms with E-state index in [1.807, 2.05) is 0 Å². The number of halogens is 1. The molecule has 1 heterocycles. The molecule has 7 nitrogen and oxygen atoms in total. The Hall–Kier alpha value is -2.81. The molecule has 9 heteroatoms. The van der Waals surface area contributed by atoms with Crippen LogP contribution in [0, 0.1) is 5.82 Å². The minimum atomic E-state index is -0.680. The number of amides is 2. The van der Waals surface area contributed by atoms with Crippen molar-refractivity contribution in [2.75, 3.05) is 11.5 Å². The Morgan fingerprint density at radius 1 is 1.46 bits per heavy atom. The largest absolute Gasteiger partial charge is 0.449 e. The number of rotatable bonds is 5. The molecule has 1 N–H and O–H groups in total. The Balaban J connectivity index is 2.18. The molecule has 0 aliphatic carbocycles. The highest BCUT2D eigenvalue weighted by molar-refractivity contribution is 7.14. The van der Waals surface area contributed by atoms with Crippen molar-refractivity contribution in [2.24, 2.45) is 5.10 Å². The van der Waals surface area contributed by atoms with Crippen LogP contribution in [0.5, 0.6) is 0 Å². The molecule has 2 amide bonds. The minimum Gasteiger partial charge on any atom is -0.449 e. The highest BCUT2D eigenvalue weighted by atomic mass is 32.1. The first-order valence-corrected chi connectivity index (χ1v) is 7.87. The summed E-state index contributed by atoms with van der Waals surface area (Å²) in [6.45, 7) is 3.23. The van der Waals surface area contributed by atoms with E-state index < -0.39 is 11.9 Å². The number of nitrogens with one attached hydrogen (secondary N) is 1. The lowest BCUT2D eigenvalue weighted by atomic mass is 10.3. The second-order valence-electron chi connectivity index (χ2n) is 4.45. The van der Waals surface area contributed by atoms with Crippen molar-refractivity contribution in [1.29, 1.82) is 0 Å². The van der Waals surface area contributed by atoms with Crippen LogP contribution < -0.4 is 10.3 Å². The second-order valence-corrected chi connectivity index (χ2v) is 5.29. The molecule has 2 rings (SSSR count). The summed E-state index contributed by atoms with van der Waals surface area (Å²) >= 11 is 1.15. The molecule has 0 atom stereocenters. The summed E-state index contributed by atoms with van der Waals surface area (Å²) in [5.74, 6) is -0.898. The van der Waals surface area contributed by atoms with Crippen molar-refractivity contribution < 1.29 is 18.7 Å². The van der Waals surface area contributed by atoms with Crippen LogP contribution >= 0.6 is 11.3 Å². The number of ether oxygens (including phenoxy) is 1. The van der Waals surface area contributed by atoms with E-state index in [4.69, 9.17) is 0 Å². The van der Waals surface area contributed by atoms with E-state index in [-0.39, 0.29) is 18.2 Å². The van der Waals surface area contributed by atoms with Gasteiger partial charge in [0.05, 0.1) is 24.2 Å². The summed E-state index contributed by atoms with van der Waals surface area (Å²) in [4.78, 5) is 28.4. The van der Waals surface area contributed by atoms with E-state index in [2.05, 4.69) is 20.2 Å². The number of nitrogens with zero attached hydrogens (tertiary/aromatic N) is 3. The average molecular weight is 350 g/mol. The number of carbonyl (C=O) groups excluding carboxylic acids is 2. The van der Waals surface area contributed by atoms with Gasteiger partial charge in [0.15, 0.2) is 5.13 Å². The molecule has 126 valence electrons. The van der Waals surface area contributed by atoms with Gasteiger partial charge >= 0.3 is 6.09 Å². The molecule has 0 saturated heterocycles. The quantitative estimate of drug-likeness (QED) is 0.663. The number of hydrazone groups is 1. The fraction of sp³-hybridized carbons (Fsp3) is 0.200. The van der Waals surface area contributed by atoms with Crippen molar-refractivity contribution >= 4 is 40.4 Å². The molecule has 0 unspecified atom stereocenters. The van der Waals surface area contributed by atoms with Gasteiger partial charge < -0.3 is 4.74 Å². The van der Waals surface area contributed by atoms with Gasteiger partial charge in [-0.2, -0.15) is 5.10 Å². The van der Waals surface area contributed by atoms with Crippen molar-refractivity contribution in [3.05, 3.63) is 41.2 Å². The first kappa shape index (κ1) is 17.5. The molecule has 0 aliphatic heterocycles. The molecule has 24 heavy (non-hydrogen) atoms. The Morgan fingerprint density at radius 2 is 2.21 bits per heavy atom. The summed E-state index contributed by atoms with van der Waals surface area (Å²) in [6.07, 6.45) is 0.622. The van der Waals surface area contributed by atoms with Crippen LogP contribution in [0.3, 0.4) is 0 Å². The van der Waals surface area contributed by atoms with Crippen molar-refractivity contribution in [3.63, 3.8) is 0 Å². The van der Waals surface area contributed by atoms with Crippen LogP contribution in [-0.2, 0) is 9.53 Å². The molecule has 0 fully saturated rings. The Morgan fingerprint density at radius 3 is 2.88 bits per heavy atom. The average Bonchev–Trinajstić information content (AvgIpc) is 2.98. The number of hydrogen-bond donors (Lipinski definition) is 1. The van der Waals surface area contributed by atoms with Crippen LogP contribution in [0.2, 0.25) is 0 Å². The number of aromatic nitrogens is 1. The lowest BCUT2D eigenvalue weighted by Crippen LogP contribution is -2.23. The normalized spacial score (nSPS) is 10.6. The molecule has 0 radical (unpaired) electrons. The van der Waals surface area contributed by atoms with E-state index in [0.29, 0.717) is 10.8 Å². The predicted molar refractivity (Wildman–Crippen MR) is 89.1 cm³/mol. The predicted octanol–water partition coefficient (Wildman–Crippen LogP) is 3.05. The molecule has 1 aromatic carbocycles. The van der Waals surface area contributed by atoms with Gasteiger partial charge in [0.25, 0.3) is 0 Å². The van der Waals surface area contributed by atoms with Gasteiger partial charge in [-0.3, -0.25) is 9.69 Å². The van der Waals surface area contributed by atoms with Crippen LogP contribution in [0.4, 0.5) is 20.0 Å².